The number of aryl methyl sites for hydroxylation is 2. The van der Waals surface area contributed by atoms with Crippen molar-refractivity contribution >= 4 is 28.5 Å². The average molecular weight is 437 g/mol. The molecule has 3 aliphatic rings. The van der Waals surface area contributed by atoms with Crippen molar-refractivity contribution in [3.05, 3.63) is 60.9 Å². The van der Waals surface area contributed by atoms with Gasteiger partial charge in [-0.2, -0.15) is 0 Å². The van der Waals surface area contributed by atoms with Crippen LogP contribution in [0.25, 0.3) is 22.3 Å². The molecule has 0 saturated heterocycles. The highest BCUT2D eigenvalue weighted by Crippen LogP contribution is 2.43. The predicted octanol–water partition coefficient (Wildman–Crippen LogP) is 3.53. The van der Waals surface area contributed by atoms with Crippen LogP contribution in [0.4, 0.5) is 0 Å². The molecule has 0 unspecified atom stereocenters. The second kappa shape index (κ2) is 6.17. The zero-order valence-electron chi connectivity index (χ0n) is 17.3. The van der Waals surface area contributed by atoms with Gasteiger partial charge in [0.05, 0.1) is 29.0 Å². The molecule has 7 heteroatoms. The zero-order chi connectivity index (χ0) is 21.7. The maximum absolute atomic E-state index is 13.4. The van der Waals surface area contributed by atoms with Gasteiger partial charge in [0.15, 0.2) is 5.60 Å². The molecule has 0 spiro atoms. The van der Waals surface area contributed by atoms with Gasteiger partial charge in [0.1, 0.15) is 6.61 Å². The van der Waals surface area contributed by atoms with E-state index in [1.54, 1.807) is 17.6 Å². The van der Waals surface area contributed by atoms with Gasteiger partial charge in [-0.05, 0) is 61.4 Å². The van der Waals surface area contributed by atoms with Gasteiger partial charge in [0.2, 0.25) is 0 Å². The van der Waals surface area contributed by atoms with Crippen molar-refractivity contribution in [2.45, 2.75) is 58.3 Å². The van der Waals surface area contributed by atoms with Gasteiger partial charge in [-0.1, -0.05) is 18.5 Å². The van der Waals surface area contributed by atoms with Crippen LogP contribution in [0.5, 0.6) is 0 Å². The molecule has 6 nitrogen and oxygen atoms in total. The summed E-state index contributed by atoms with van der Waals surface area (Å²) < 4.78 is 6.85. The molecule has 3 aromatic rings. The van der Waals surface area contributed by atoms with E-state index in [1.807, 2.05) is 6.07 Å². The van der Waals surface area contributed by atoms with E-state index in [1.165, 1.54) is 16.5 Å². The maximum Gasteiger partial charge on any atom is 0.343 e. The van der Waals surface area contributed by atoms with Gasteiger partial charge >= 0.3 is 5.97 Å². The first-order valence-corrected chi connectivity index (χ1v) is 11.0. The number of cyclic esters (lactones) is 1. The minimum Gasteiger partial charge on any atom is -0.458 e. The van der Waals surface area contributed by atoms with Crippen LogP contribution in [0.3, 0.4) is 0 Å². The Bertz CT molecular complexity index is 1410. The number of benzene rings is 1. The molecule has 0 bridgehead atoms. The number of hydrogen-bond donors (Lipinski definition) is 1. The summed E-state index contributed by atoms with van der Waals surface area (Å²) in [5.74, 6) is -0.710. The van der Waals surface area contributed by atoms with Crippen LogP contribution >= 0.6 is 11.6 Å². The quantitative estimate of drug-likeness (QED) is 0.462. The van der Waals surface area contributed by atoms with E-state index in [9.17, 15) is 14.7 Å². The summed E-state index contributed by atoms with van der Waals surface area (Å²) in [4.78, 5) is 30.7. The maximum atomic E-state index is 13.4. The van der Waals surface area contributed by atoms with E-state index in [2.05, 4.69) is 6.92 Å². The van der Waals surface area contributed by atoms with Gasteiger partial charge < -0.3 is 14.4 Å². The molecule has 0 radical (unpaired) electrons. The van der Waals surface area contributed by atoms with E-state index < -0.39 is 11.6 Å². The fraction of sp³-hybridized carbons (Fsp3) is 0.375. The van der Waals surface area contributed by atoms with E-state index >= 15 is 0 Å². The number of hydrogen-bond acceptors (Lipinski definition) is 5. The van der Waals surface area contributed by atoms with Crippen molar-refractivity contribution < 1.29 is 14.6 Å². The number of esters is 1. The average Bonchev–Trinajstić information content (AvgIpc) is 3.14. The molecule has 6 rings (SSSR count). The Kier molecular flexibility index (Phi) is 3.79. The molecule has 1 aromatic carbocycles. The fourth-order valence-electron chi connectivity index (χ4n) is 5.52. The van der Waals surface area contributed by atoms with E-state index in [0.717, 1.165) is 41.6 Å². The van der Waals surface area contributed by atoms with Gasteiger partial charge in [0.25, 0.3) is 5.56 Å². The molecule has 1 aliphatic carbocycles. The molecular formula is C24H21ClN2O4. The number of aliphatic hydroxyl groups is 1. The lowest BCUT2D eigenvalue weighted by Gasteiger charge is -2.31. The Balaban J connectivity index is 1.68. The van der Waals surface area contributed by atoms with Gasteiger partial charge in [-0.25, -0.2) is 9.78 Å². The second-order valence-electron chi connectivity index (χ2n) is 8.73. The van der Waals surface area contributed by atoms with Crippen molar-refractivity contribution in [2.24, 2.45) is 0 Å². The largest absolute Gasteiger partial charge is 0.458 e. The SMILES string of the molecule is CC[C@@]1(O)C(=O)OCc2c1cc1n(c2=O)Cc2c-1nc1cc(Cl)c(C)c3c1c2CCC3. The van der Waals surface area contributed by atoms with Crippen LogP contribution < -0.4 is 5.56 Å². The third-order valence-electron chi connectivity index (χ3n) is 7.27. The topological polar surface area (TPSA) is 81.4 Å². The van der Waals surface area contributed by atoms with Crippen LogP contribution in [-0.4, -0.2) is 20.6 Å². The Hall–Kier alpha value is -2.70. The highest BCUT2D eigenvalue weighted by atomic mass is 35.5. The van der Waals surface area contributed by atoms with Crippen LogP contribution in [0.15, 0.2) is 16.9 Å². The molecule has 0 saturated carbocycles. The number of fused-ring (bicyclic) bond motifs is 5. The number of ether oxygens (including phenoxy) is 1. The van der Waals surface area contributed by atoms with E-state index in [4.69, 9.17) is 21.3 Å². The van der Waals surface area contributed by atoms with Crippen LogP contribution in [0.1, 0.15) is 53.1 Å². The van der Waals surface area contributed by atoms with Crippen LogP contribution in [-0.2, 0) is 41.1 Å². The van der Waals surface area contributed by atoms with Crippen molar-refractivity contribution in [3.8, 4) is 11.4 Å². The lowest BCUT2D eigenvalue weighted by molar-refractivity contribution is -0.172. The smallest absolute Gasteiger partial charge is 0.343 e. The molecule has 1 atom stereocenters. The van der Waals surface area contributed by atoms with Gasteiger partial charge in [-0.15, -0.1) is 0 Å². The minimum absolute atomic E-state index is 0.118. The first-order chi connectivity index (χ1) is 14.8. The summed E-state index contributed by atoms with van der Waals surface area (Å²) >= 11 is 6.51. The second-order valence-corrected chi connectivity index (χ2v) is 9.14. The highest BCUT2D eigenvalue weighted by Gasteiger charge is 2.45. The normalized spacial score (nSPS) is 21.0. The third kappa shape index (κ3) is 2.29. The van der Waals surface area contributed by atoms with Crippen molar-refractivity contribution in [2.75, 3.05) is 0 Å². The molecule has 2 aromatic heterocycles. The number of aromatic nitrogens is 2. The first kappa shape index (κ1) is 19.0. The molecule has 1 N–H and O–H groups in total. The molecule has 0 amide bonds. The summed E-state index contributed by atoms with van der Waals surface area (Å²) in [6.07, 6.45) is 3.06. The van der Waals surface area contributed by atoms with Crippen molar-refractivity contribution in [3.63, 3.8) is 0 Å². The molecular weight excluding hydrogens is 416 g/mol. The predicted molar refractivity (Wildman–Crippen MR) is 116 cm³/mol. The van der Waals surface area contributed by atoms with Crippen LogP contribution in [0.2, 0.25) is 5.02 Å². The molecule has 158 valence electrons. The van der Waals surface area contributed by atoms with Gasteiger partial charge in [0, 0.05) is 21.5 Å². The summed E-state index contributed by atoms with van der Waals surface area (Å²) in [6.45, 7) is 4.08. The van der Waals surface area contributed by atoms with Crippen molar-refractivity contribution in [1.82, 2.24) is 9.55 Å². The summed E-state index contributed by atoms with van der Waals surface area (Å²) in [6, 6.07) is 3.67. The van der Waals surface area contributed by atoms with E-state index in [0.29, 0.717) is 28.4 Å². The number of nitrogens with zero attached hydrogens (tertiary/aromatic N) is 2. The lowest BCUT2D eigenvalue weighted by Crippen LogP contribution is -2.44. The Morgan fingerprint density at radius 1 is 1.19 bits per heavy atom. The monoisotopic (exact) mass is 436 g/mol. The Morgan fingerprint density at radius 3 is 2.74 bits per heavy atom. The molecule has 0 fully saturated rings. The van der Waals surface area contributed by atoms with Crippen molar-refractivity contribution in [1.29, 1.82) is 0 Å². The van der Waals surface area contributed by atoms with E-state index in [-0.39, 0.29) is 18.6 Å². The van der Waals surface area contributed by atoms with Gasteiger partial charge in [-0.3, -0.25) is 4.79 Å². The number of carbonyl (C=O) groups is 1. The standard InChI is InChI=1S/C24H21ClN2O4/c1-3-24(30)16-7-19-21-14(9-27(19)22(28)15(16)10-31-23(24)29)13-6-4-5-12-11(2)17(25)8-18(26-21)20(12)13/h7-8,30H,3-6,9-10H2,1-2H3/t24-/m0/s1. The Labute approximate surface area is 183 Å². The number of halogens is 1. The fourth-order valence-corrected chi connectivity index (χ4v) is 5.73. The number of rotatable bonds is 1. The molecule has 31 heavy (non-hydrogen) atoms. The first-order valence-electron chi connectivity index (χ1n) is 10.7. The van der Waals surface area contributed by atoms with Crippen LogP contribution in [0, 0.1) is 6.92 Å². The number of carbonyl (C=O) groups excluding carboxylic acids is 1. The summed E-state index contributed by atoms with van der Waals surface area (Å²) in [7, 11) is 0. The molecule has 4 heterocycles. The Morgan fingerprint density at radius 2 is 1.97 bits per heavy atom. The zero-order valence-corrected chi connectivity index (χ0v) is 18.1. The lowest BCUT2D eigenvalue weighted by atomic mass is 9.84. The molecule has 2 aliphatic heterocycles. The number of pyridine rings is 2. The minimum atomic E-state index is -1.82. The summed E-state index contributed by atoms with van der Waals surface area (Å²) in [5, 5.41) is 12.9. The third-order valence-corrected chi connectivity index (χ3v) is 7.66. The highest BCUT2D eigenvalue weighted by molar-refractivity contribution is 6.32. The summed E-state index contributed by atoms with van der Waals surface area (Å²) in [5.41, 5.74) is 5.51.